The summed E-state index contributed by atoms with van der Waals surface area (Å²) < 4.78 is 11.2. The van der Waals surface area contributed by atoms with Gasteiger partial charge >= 0.3 is 0 Å². The number of ketones is 1. The Hall–Kier alpha value is -1.59. The van der Waals surface area contributed by atoms with Crippen molar-refractivity contribution in [3.8, 4) is 11.5 Å². The van der Waals surface area contributed by atoms with Crippen LogP contribution in [0.1, 0.15) is 43.7 Å². The molecule has 0 spiro atoms. The summed E-state index contributed by atoms with van der Waals surface area (Å²) in [6.45, 7) is 2.05. The second-order valence-corrected chi connectivity index (χ2v) is 6.96. The number of carbonyl (C=O) groups is 1. The Bertz CT molecular complexity index is 659. The van der Waals surface area contributed by atoms with Crippen molar-refractivity contribution in [2.24, 2.45) is 0 Å². The van der Waals surface area contributed by atoms with Gasteiger partial charge in [0, 0.05) is 29.9 Å². The normalized spacial score (nSPS) is 32.0. The molecule has 0 radical (unpaired) electrons. The highest BCUT2D eigenvalue weighted by Gasteiger charge is 2.61. The van der Waals surface area contributed by atoms with Gasteiger partial charge in [0.05, 0.1) is 19.8 Å². The average Bonchev–Trinajstić information content (AvgIpc) is 2.60. The molecule has 0 aliphatic heterocycles. The quantitative estimate of drug-likeness (QED) is 0.882. The number of carbonyl (C=O) groups excluding carboxylic acids is 1. The fraction of sp³-hybridized carbons (Fsp3) is 0.632. The molecule has 0 bridgehead atoms. The standard InChI is InChI=1S/C19H27NO4/c1-5-18-11-13(21)8-9-19(18,22)15(20-2)10-12-6-7-14(23-3)17(24-4)16(12)18/h6-7,15,20,22H,5,8-11H2,1-4H3. The minimum atomic E-state index is -0.975. The Morgan fingerprint density at radius 2 is 2.08 bits per heavy atom. The maximum absolute atomic E-state index is 12.4. The Morgan fingerprint density at radius 1 is 1.33 bits per heavy atom. The molecule has 5 heteroatoms. The van der Waals surface area contributed by atoms with E-state index in [4.69, 9.17) is 9.47 Å². The number of likely N-dealkylation sites (N-methyl/N-ethyl adjacent to an activating group) is 1. The van der Waals surface area contributed by atoms with Gasteiger partial charge in [-0.3, -0.25) is 4.79 Å². The van der Waals surface area contributed by atoms with E-state index < -0.39 is 11.0 Å². The number of rotatable bonds is 4. The van der Waals surface area contributed by atoms with Crippen LogP contribution in [0.15, 0.2) is 12.1 Å². The summed E-state index contributed by atoms with van der Waals surface area (Å²) in [5.74, 6) is 1.50. The molecule has 3 unspecified atom stereocenters. The number of ether oxygens (including phenoxy) is 2. The van der Waals surface area contributed by atoms with Gasteiger partial charge in [0.25, 0.3) is 0 Å². The fourth-order valence-electron chi connectivity index (χ4n) is 4.96. The van der Waals surface area contributed by atoms with E-state index in [1.165, 1.54) is 0 Å². The van der Waals surface area contributed by atoms with E-state index in [1.807, 2.05) is 26.1 Å². The van der Waals surface area contributed by atoms with Gasteiger partial charge in [0.15, 0.2) is 11.5 Å². The number of aliphatic hydroxyl groups is 1. The van der Waals surface area contributed by atoms with Gasteiger partial charge in [-0.1, -0.05) is 13.0 Å². The van der Waals surface area contributed by atoms with E-state index >= 15 is 0 Å². The number of hydrogen-bond donors (Lipinski definition) is 2. The zero-order chi connectivity index (χ0) is 17.5. The highest BCUT2D eigenvalue weighted by molar-refractivity contribution is 5.83. The first-order valence-electron chi connectivity index (χ1n) is 8.63. The third-order valence-corrected chi connectivity index (χ3v) is 6.18. The smallest absolute Gasteiger partial charge is 0.164 e. The first-order chi connectivity index (χ1) is 11.5. The van der Waals surface area contributed by atoms with Gasteiger partial charge in [-0.2, -0.15) is 0 Å². The first kappa shape index (κ1) is 17.2. The van der Waals surface area contributed by atoms with Crippen LogP contribution >= 0.6 is 0 Å². The van der Waals surface area contributed by atoms with Crippen molar-refractivity contribution in [1.29, 1.82) is 0 Å². The molecule has 2 N–H and O–H groups in total. The lowest BCUT2D eigenvalue weighted by molar-refractivity contribution is -0.142. The van der Waals surface area contributed by atoms with Crippen molar-refractivity contribution < 1.29 is 19.4 Å². The number of hydrogen-bond acceptors (Lipinski definition) is 5. The minimum absolute atomic E-state index is 0.0869. The van der Waals surface area contributed by atoms with Crippen LogP contribution in [0.5, 0.6) is 11.5 Å². The lowest BCUT2D eigenvalue weighted by Gasteiger charge is -2.57. The molecule has 0 amide bonds. The molecule has 3 rings (SSSR count). The van der Waals surface area contributed by atoms with E-state index in [9.17, 15) is 9.90 Å². The van der Waals surface area contributed by atoms with Crippen LogP contribution in [0.4, 0.5) is 0 Å². The molecule has 0 heterocycles. The molecule has 1 fully saturated rings. The topological polar surface area (TPSA) is 67.8 Å². The van der Waals surface area contributed by atoms with Gasteiger partial charge in [0.1, 0.15) is 5.78 Å². The Balaban J connectivity index is 2.33. The number of methoxy groups -OCH3 is 2. The van der Waals surface area contributed by atoms with Crippen LogP contribution in [-0.2, 0) is 16.6 Å². The molecule has 1 aromatic carbocycles. The SMILES string of the molecule is CCC12CC(=O)CCC1(O)C(NC)Cc1ccc(OC)c(OC)c12. The molecular formula is C19H27NO4. The summed E-state index contributed by atoms with van der Waals surface area (Å²) >= 11 is 0. The Morgan fingerprint density at radius 3 is 2.67 bits per heavy atom. The molecule has 2 aliphatic carbocycles. The summed E-state index contributed by atoms with van der Waals surface area (Å²) in [5.41, 5.74) is 0.447. The number of fused-ring (bicyclic) bond motifs is 3. The summed E-state index contributed by atoms with van der Waals surface area (Å²) in [6.07, 6.45) is 2.63. The second kappa shape index (κ2) is 6.05. The van der Waals surface area contributed by atoms with Crippen LogP contribution < -0.4 is 14.8 Å². The summed E-state index contributed by atoms with van der Waals surface area (Å²) in [5, 5.41) is 15.0. The van der Waals surface area contributed by atoms with Crippen molar-refractivity contribution in [3.05, 3.63) is 23.3 Å². The summed E-state index contributed by atoms with van der Waals surface area (Å²) in [7, 11) is 5.11. The molecule has 132 valence electrons. The molecule has 2 aliphatic rings. The summed E-state index contributed by atoms with van der Waals surface area (Å²) in [6, 6.07) is 3.86. The van der Waals surface area contributed by atoms with Gasteiger partial charge in [-0.15, -0.1) is 0 Å². The molecule has 0 aromatic heterocycles. The minimum Gasteiger partial charge on any atom is -0.493 e. The van der Waals surface area contributed by atoms with Gasteiger partial charge in [-0.05, 0) is 37.9 Å². The van der Waals surface area contributed by atoms with Crippen LogP contribution in [0.25, 0.3) is 0 Å². The van der Waals surface area contributed by atoms with E-state index in [2.05, 4.69) is 5.32 Å². The highest BCUT2D eigenvalue weighted by atomic mass is 16.5. The van der Waals surface area contributed by atoms with E-state index in [0.717, 1.165) is 11.1 Å². The zero-order valence-electron chi connectivity index (χ0n) is 14.9. The predicted molar refractivity (Wildman–Crippen MR) is 91.9 cm³/mol. The van der Waals surface area contributed by atoms with Crippen molar-refractivity contribution in [2.45, 2.75) is 56.1 Å². The van der Waals surface area contributed by atoms with Crippen LogP contribution in [0.3, 0.4) is 0 Å². The molecule has 24 heavy (non-hydrogen) atoms. The van der Waals surface area contributed by atoms with Gasteiger partial charge in [0.2, 0.25) is 0 Å². The monoisotopic (exact) mass is 333 g/mol. The predicted octanol–water partition coefficient (Wildman–Crippen LogP) is 1.98. The van der Waals surface area contributed by atoms with E-state index in [0.29, 0.717) is 43.6 Å². The lowest BCUT2D eigenvalue weighted by Crippen LogP contribution is -2.68. The van der Waals surface area contributed by atoms with Crippen molar-refractivity contribution in [3.63, 3.8) is 0 Å². The third kappa shape index (κ3) is 2.11. The molecule has 1 saturated carbocycles. The maximum Gasteiger partial charge on any atom is 0.164 e. The van der Waals surface area contributed by atoms with Crippen molar-refractivity contribution in [1.82, 2.24) is 5.32 Å². The highest BCUT2D eigenvalue weighted by Crippen LogP contribution is 2.57. The molecule has 5 nitrogen and oxygen atoms in total. The van der Waals surface area contributed by atoms with E-state index in [1.54, 1.807) is 14.2 Å². The summed E-state index contributed by atoms with van der Waals surface area (Å²) in [4.78, 5) is 12.4. The largest absolute Gasteiger partial charge is 0.493 e. The Labute approximate surface area is 143 Å². The van der Waals surface area contributed by atoms with Gasteiger partial charge in [-0.25, -0.2) is 0 Å². The molecule has 3 atom stereocenters. The number of Topliss-reactive ketones (excluding diaryl/α,β-unsaturated/α-hetero) is 1. The lowest BCUT2D eigenvalue weighted by atomic mass is 9.51. The number of benzene rings is 1. The first-order valence-corrected chi connectivity index (χ1v) is 8.63. The van der Waals surface area contributed by atoms with Gasteiger partial charge < -0.3 is 19.9 Å². The average molecular weight is 333 g/mol. The second-order valence-electron chi connectivity index (χ2n) is 6.96. The molecule has 0 saturated heterocycles. The maximum atomic E-state index is 12.4. The van der Waals surface area contributed by atoms with E-state index in [-0.39, 0.29) is 11.8 Å². The molecule has 1 aromatic rings. The third-order valence-electron chi connectivity index (χ3n) is 6.18. The van der Waals surface area contributed by atoms with Crippen molar-refractivity contribution >= 4 is 5.78 Å². The van der Waals surface area contributed by atoms with Crippen LogP contribution in [0.2, 0.25) is 0 Å². The Kier molecular flexibility index (Phi) is 4.34. The van der Waals surface area contributed by atoms with Crippen molar-refractivity contribution in [2.75, 3.05) is 21.3 Å². The zero-order valence-corrected chi connectivity index (χ0v) is 14.9. The molecular weight excluding hydrogens is 306 g/mol. The number of nitrogens with one attached hydrogen (secondary N) is 1. The fourth-order valence-corrected chi connectivity index (χ4v) is 4.96. The van der Waals surface area contributed by atoms with Crippen LogP contribution in [-0.4, -0.2) is 43.8 Å². The van der Waals surface area contributed by atoms with Crippen LogP contribution in [0, 0.1) is 0 Å².